The van der Waals surface area contributed by atoms with Gasteiger partial charge in [-0.3, -0.25) is 9.80 Å². The number of carboxylic acid groups (broad SMARTS) is 2. The lowest BCUT2D eigenvalue weighted by Crippen LogP contribution is -2.53. The summed E-state index contributed by atoms with van der Waals surface area (Å²) in [6.45, 7) is 6.96. The minimum Gasteiger partial charge on any atom is -0.475 e. The first-order valence-corrected chi connectivity index (χ1v) is 10.4. The fourth-order valence-corrected chi connectivity index (χ4v) is 3.20. The van der Waals surface area contributed by atoms with E-state index in [1.165, 1.54) is 5.56 Å². The molecular weight excluding hydrogens is 488 g/mol. The number of rotatable bonds is 4. The van der Waals surface area contributed by atoms with Gasteiger partial charge in [-0.1, -0.05) is 42.5 Å². The summed E-state index contributed by atoms with van der Waals surface area (Å²) in [5.74, 6) is -5.51. The standard InChI is InChI=1S/C17H25N3O.2C2HF3O2/c21-17-14-18-13-16(17)20-11-9-19(10-12-20)8-4-7-15-5-2-1-3-6-15;2*3-2(4,5)1(6)7/h1-7,16-18,21H,8-14H2;2*(H,6,7)/b7-4+;;/t16-,17-;;/m0../s1. The van der Waals surface area contributed by atoms with Gasteiger partial charge in [0.25, 0.3) is 0 Å². The Hall–Kier alpha value is -2.68. The maximum absolute atomic E-state index is 10.6. The molecule has 2 aliphatic heterocycles. The van der Waals surface area contributed by atoms with Crippen LogP contribution in [-0.2, 0) is 9.59 Å². The third-order valence-electron chi connectivity index (χ3n) is 4.99. The molecule has 2 fully saturated rings. The maximum Gasteiger partial charge on any atom is 0.490 e. The van der Waals surface area contributed by atoms with Crippen LogP contribution in [0.1, 0.15) is 5.56 Å². The van der Waals surface area contributed by atoms with E-state index in [4.69, 9.17) is 19.8 Å². The van der Waals surface area contributed by atoms with Gasteiger partial charge in [0.05, 0.1) is 6.10 Å². The molecule has 0 unspecified atom stereocenters. The molecule has 198 valence electrons. The summed E-state index contributed by atoms with van der Waals surface area (Å²) in [6.07, 6.45) is -5.93. The van der Waals surface area contributed by atoms with Crippen molar-refractivity contribution in [3.8, 4) is 0 Å². The number of hydrogen-bond donors (Lipinski definition) is 4. The van der Waals surface area contributed by atoms with Gasteiger partial charge in [0, 0.05) is 51.9 Å². The molecule has 2 saturated heterocycles. The molecule has 2 aliphatic rings. The lowest BCUT2D eigenvalue weighted by Gasteiger charge is -2.38. The zero-order chi connectivity index (χ0) is 26.6. The quantitative estimate of drug-likeness (QED) is 0.450. The van der Waals surface area contributed by atoms with Gasteiger partial charge in [0.15, 0.2) is 0 Å². The molecule has 3 rings (SSSR count). The summed E-state index contributed by atoms with van der Waals surface area (Å²) in [6, 6.07) is 10.8. The van der Waals surface area contributed by atoms with E-state index in [0.29, 0.717) is 6.04 Å². The number of benzene rings is 1. The Bertz CT molecular complexity index is 788. The average molecular weight is 515 g/mol. The van der Waals surface area contributed by atoms with Gasteiger partial charge in [-0.05, 0) is 5.56 Å². The average Bonchev–Trinajstić information content (AvgIpc) is 3.20. The van der Waals surface area contributed by atoms with Crippen LogP contribution in [0.2, 0.25) is 0 Å². The van der Waals surface area contributed by atoms with Crippen molar-refractivity contribution >= 4 is 18.0 Å². The number of aliphatic hydroxyl groups excluding tert-OH is 1. The number of aliphatic carboxylic acids is 2. The first kappa shape index (κ1) is 30.4. The normalized spacial score (nSPS) is 21.6. The SMILES string of the molecule is O=C(O)C(F)(F)F.O=C(O)C(F)(F)F.O[C@H]1CNC[C@@H]1N1CCN(C/C=C/c2ccccc2)CC1. The lowest BCUT2D eigenvalue weighted by molar-refractivity contribution is -0.193. The Balaban J connectivity index is 0.000000362. The first-order valence-electron chi connectivity index (χ1n) is 10.4. The number of carbonyl (C=O) groups is 2. The fourth-order valence-electron chi connectivity index (χ4n) is 3.20. The van der Waals surface area contributed by atoms with Gasteiger partial charge in [0.1, 0.15) is 0 Å². The molecule has 2 atom stereocenters. The third kappa shape index (κ3) is 12.0. The predicted octanol–water partition coefficient (Wildman–Crippen LogP) is 1.92. The molecule has 1 aromatic rings. The Labute approximate surface area is 197 Å². The molecule has 0 saturated carbocycles. The highest BCUT2D eigenvalue weighted by Gasteiger charge is 2.39. The van der Waals surface area contributed by atoms with Crippen LogP contribution in [0.5, 0.6) is 0 Å². The van der Waals surface area contributed by atoms with Crippen molar-refractivity contribution < 1.29 is 51.3 Å². The van der Waals surface area contributed by atoms with Crippen molar-refractivity contribution in [2.75, 3.05) is 45.8 Å². The van der Waals surface area contributed by atoms with E-state index in [0.717, 1.165) is 45.8 Å². The molecule has 0 amide bonds. The lowest BCUT2D eigenvalue weighted by atomic mass is 10.1. The molecule has 4 N–H and O–H groups in total. The molecule has 0 bridgehead atoms. The number of nitrogens with one attached hydrogen (secondary N) is 1. The maximum atomic E-state index is 10.6. The monoisotopic (exact) mass is 515 g/mol. The molecule has 0 spiro atoms. The second kappa shape index (κ2) is 14.0. The summed E-state index contributed by atoms with van der Waals surface area (Å²) in [4.78, 5) is 22.7. The van der Waals surface area contributed by atoms with Crippen LogP contribution in [0.25, 0.3) is 6.08 Å². The van der Waals surface area contributed by atoms with Crippen LogP contribution < -0.4 is 5.32 Å². The summed E-state index contributed by atoms with van der Waals surface area (Å²) >= 11 is 0. The highest BCUT2D eigenvalue weighted by atomic mass is 19.4. The van der Waals surface area contributed by atoms with E-state index in [2.05, 4.69) is 51.5 Å². The van der Waals surface area contributed by atoms with Gasteiger partial charge in [-0.15, -0.1) is 0 Å². The predicted molar refractivity (Wildman–Crippen MR) is 114 cm³/mol. The second-order valence-corrected chi connectivity index (χ2v) is 7.55. The van der Waals surface area contributed by atoms with Gasteiger partial charge in [-0.2, -0.15) is 26.3 Å². The molecule has 1 aromatic carbocycles. The van der Waals surface area contributed by atoms with Crippen molar-refractivity contribution in [2.45, 2.75) is 24.5 Å². The highest BCUT2D eigenvalue weighted by Crippen LogP contribution is 2.14. The second-order valence-electron chi connectivity index (χ2n) is 7.55. The van der Waals surface area contributed by atoms with Crippen LogP contribution in [0.15, 0.2) is 36.4 Å². The van der Waals surface area contributed by atoms with Crippen LogP contribution in [0, 0.1) is 0 Å². The van der Waals surface area contributed by atoms with Crippen molar-refractivity contribution in [1.82, 2.24) is 15.1 Å². The number of carboxylic acids is 2. The van der Waals surface area contributed by atoms with Crippen molar-refractivity contribution in [1.29, 1.82) is 0 Å². The Kier molecular flexibility index (Phi) is 12.2. The Morgan fingerprint density at radius 1 is 0.914 bits per heavy atom. The minimum atomic E-state index is -5.08. The molecule has 2 heterocycles. The number of hydrogen-bond acceptors (Lipinski definition) is 6. The first-order chi connectivity index (χ1) is 16.2. The molecule has 8 nitrogen and oxygen atoms in total. The molecule has 14 heteroatoms. The summed E-state index contributed by atoms with van der Waals surface area (Å²) < 4.78 is 63.5. The topological polar surface area (TPSA) is 113 Å². The number of β-amino-alcohol motifs (C(OH)–C–C–N with tert-alkyl or cyclic N) is 1. The van der Waals surface area contributed by atoms with Gasteiger partial charge < -0.3 is 20.6 Å². The molecule has 0 radical (unpaired) electrons. The van der Waals surface area contributed by atoms with E-state index in [-0.39, 0.29) is 6.10 Å². The van der Waals surface area contributed by atoms with E-state index >= 15 is 0 Å². The van der Waals surface area contributed by atoms with Crippen molar-refractivity contribution in [3.63, 3.8) is 0 Å². The molecule has 0 aromatic heterocycles. The molecule has 35 heavy (non-hydrogen) atoms. The van der Waals surface area contributed by atoms with E-state index in [9.17, 15) is 31.4 Å². The van der Waals surface area contributed by atoms with Crippen molar-refractivity contribution in [2.24, 2.45) is 0 Å². The van der Waals surface area contributed by atoms with Gasteiger partial charge in [-0.25, -0.2) is 9.59 Å². The summed E-state index contributed by atoms with van der Waals surface area (Å²) in [5.41, 5.74) is 1.26. The van der Waals surface area contributed by atoms with E-state index in [1.807, 2.05) is 6.07 Å². The number of aliphatic hydroxyl groups is 1. The number of halogens is 6. The molecule has 0 aliphatic carbocycles. The largest absolute Gasteiger partial charge is 0.490 e. The number of alkyl halides is 6. The minimum absolute atomic E-state index is 0.200. The Morgan fingerprint density at radius 3 is 1.80 bits per heavy atom. The van der Waals surface area contributed by atoms with Gasteiger partial charge >= 0.3 is 24.3 Å². The van der Waals surface area contributed by atoms with Crippen molar-refractivity contribution in [3.05, 3.63) is 42.0 Å². The molecular formula is C21H27F6N3O5. The van der Waals surface area contributed by atoms with Crippen LogP contribution in [-0.4, -0.2) is 107 Å². The zero-order valence-electron chi connectivity index (χ0n) is 18.5. The Morgan fingerprint density at radius 2 is 1.40 bits per heavy atom. The van der Waals surface area contributed by atoms with Crippen LogP contribution in [0.3, 0.4) is 0 Å². The van der Waals surface area contributed by atoms with Crippen LogP contribution >= 0.6 is 0 Å². The number of piperazine rings is 1. The van der Waals surface area contributed by atoms with Gasteiger partial charge in [0.2, 0.25) is 0 Å². The van der Waals surface area contributed by atoms with E-state index in [1.54, 1.807) is 0 Å². The zero-order valence-corrected chi connectivity index (χ0v) is 18.5. The summed E-state index contributed by atoms with van der Waals surface area (Å²) in [7, 11) is 0. The third-order valence-corrected chi connectivity index (χ3v) is 4.99. The number of nitrogens with zero attached hydrogens (tertiary/aromatic N) is 2. The van der Waals surface area contributed by atoms with Crippen LogP contribution in [0.4, 0.5) is 26.3 Å². The smallest absolute Gasteiger partial charge is 0.475 e. The van der Waals surface area contributed by atoms with E-state index < -0.39 is 24.3 Å². The fraction of sp³-hybridized carbons (Fsp3) is 0.524. The summed E-state index contributed by atoms with van der Waals surface area (Å²) in [5, 5.41) is 27.5. The highest BCUT2D eigenvalue weighted by molar-refractivity contribution is 5.73.